The van der Waals surface area contributed by atoms with Gasteiger partial charge in [-0.25, -0.2) is 0 Å². The Morgan fingerprint density at radius 2 is 2.00 bits per heavy atom. The van der Waals surface area contributed by atoms with Crippen molar-refractivity contribution in [3.8, 4) is 5.75 Å². The molecule has 0 saturated heterocycles. The Balaban J connectivity index is 2.84. The highest BCUT2D eigenvalue weighted by Crippen LogP contribution is 2.29. The zero-order valence-corrected chi connectivity index (χ0v) is 12.0. The molecule has 0 radical (unpaired) electrons. The highest BCUT2D eigenvalue weighted by atomic mass is 16.5. The van der Waals surface area contributed by atoms with Gasteiger partial charge in [0, 0.05) is 6.42 Å². The van der Waals surface area contributed by atoms with Crippen LogP contribution < -0.4 is 10.1 Å². The maximum Gasteiger partial charge on any atom is 0.224 e. The number of aryl methyl sites for hydroxylation is 1. The minimum absolute atomic E-state index is 0.0142. The predicted octanol–water partition coefficient (Wildman–Crippen LogP) is 3.77. The number of benzene rings is 1. The number of hydrogen-bond acceptors (Lipinski definition) is 2. The first-order chi connectivity index (χ1) is 8.33. The highest BCUT2D eigenvalue weighted by molar-refractivity contribution is 5.92. The van der Waals surface area contributed by atoms with Crippen LogP contribution in [0, 0.1) is 12.3 Å². The summed E-state index contributed by atoms with van der Waals surface area (Å²) in [5.74, 6) is 0.788. The second-order valence-corrected chi connectivity index (χ2v) is 5.67. The molecule has 18 heavy (non-hydrogen) atoms. The van der Waals surface area contributed by atoms with E-state index in [-0.39, 0.29) is 11.3 Å². The maximum absolute atomic E-state index is 11.9. The molecule has 0 heterocycles. The maximum atomic E-state index is 11.9. The van der Waals surface area contributed by atoms with Crippen LogP contribution in [-0.4, -0.2) is 12.5 Å². The number of nitrogens with one attached hydrogen (secondary N) is 1. The van der Waals surface area contributed by atoms with E-state index in [4.69, 9.17) is 4.74 Å². The Kier molecular flexibility index (Phi) is 4.76. The van der Waals surface area contributed by atoms with Crippen molar-refractivity contribution < 1.29 is 9.53 Å². The number of para-hydroxylation sites is 1. The van der Waals surface area contributed by atoms with Crippen molar-refractivity contribution in [2.75, 3.05) is 11.9 Å². The summed E-state index contributed by atoms with van der Waals surface area (Å²) in [5.41, 5.74) is 1.77. The SMILES string of the molecule is CCOc1c(C)cccc1NC(=O)CC(C)(C)C. The molecule has 0 fully saturated rings. The first-order valence-electron chi connectivity index (χ1n) is 6.36. The molecular formula is C15H23NO2. The summed E-state index contributed by atoms with van der Waals surface area (Å²) in [6.45, 7) is 10.6. The third-order valence-corrected chi connectivity index (χ3v) is 2.47. The molecular weight excluding hydrogens is 226 g/mol. The highest BCUT2D eigenvalue weighted by Gasteiger charge is 2.17. The minimum Gasteiger partial charge on any atom is -0.491 e. The number of carbonyl (C=O) groups excluding carboxylic acids is 1. The van der Waals surface area contributed by atoms with Gasteiger partial charge in [-0.3, -0.25) is 4.79 Å². The van der Waals surface area contributed by atoms with Crippen LogP contribution in [-0.2, 0) is 4.79 Å². The summed E-state index contributed by atoms with van der Waals surface area (Å²) in [7, 11) is 0. The summed E-state index contributed by atoms with van der Waals surface area (Å²) in [6.07, 6.45) is 0.493. The van der Waals surface area contributed by atoms with Gasteiger partial charge in [0.2, 0.25) is 5.91 Å². The molecule has 0 bridgehead atoms. The number of carbonyl (C=O) groups is 1. The Morgan fingerprint density at radius 1 is 1.33 bits per heavy atom. The van der Waals surface area contributed by atoms with Crippen molar-refractivity contribution in [3.63, 3.8) is 0 Å². The van der Waals surface area contributed by atoms with E-state index >= 15 is 0 Å². The molecule has 0 aromatic heterocycles. The molecule has 1 N–H and O–H groups in total. The molecule has 1 amide bonds. The Labute approximate surface area is 110 Å². The first kappa shape index (κ1) is 14.6. The van der Waals surface area contributed by atoms with Gasteiger partial charge in [0.25, 0.3) is 0 Å². The van der Waals surface area contributed by atoms with Crippen LogP contribution in [0.3, 0.4) is 0 Å². The molecule has 0 saturated carbocycles. The summed E-state index contributed by atoms with van der Waals surface area (Å²) >= 11 is 0. The van der Waals surface area contributed by atoms with Gasteiger partial charge in [-0.2, -0.15) is 0 Å². The molecule has 3 heteroatoms. The number of amides is 1. The topological polar surface area (TPSA) is 38.3 Å². The van der Waals surface area contributed by atoms with Crippen molar-refractivity contribution in [3.05, 3.63) is 23.8 Å². The largest absolute Gasteiger partial charge is 0.491 e. The van der Waals surface area contributed by atoms with Gasteiger partial charge in [-0.05, 0) is 30.9 Å². The van der Waals surface area contributed by atoms with Gasteiger partial charge in [-0.15, -0.1) is 0 Å². The van der Waals surface area contributed by atoms with E-state index in [0.29, 0.717) is 13.0 Å². The lowest BCUT2D eigenvalue weighted by molar-refractivity contribution is -0.117. The average molecular weight is 249 g/mol. The van der Waals surface area contributed by atoms with E-state index in [9.17, 15) is 4.79 Å². The van der Waals surface area contributed by atoms with Crippen molar-refractivity contribution in [2.45, 2.75) is 41.0 Å². The lowest BCUT2D eigenvalue weighted by atomic mass is 9.92. The Morgan fingerprint density at radius 3 is 2.56 bits per heavy atom. The van der Waals surface area contributed by atoms with E-state index in [1.807, 2.05) is 52.8 Å². The van der Waals surface area contributed by atoms with E-state index < -0.39 is 0 Å². The molecule has 0 spiro atoms. The van der Waals surface area contributed by atoms with Crippen LogP contribution >= 0.6 is 0 Å². The monoisotopic (exact) mass is 249 g/mol. The lowest BCUT2D eigenvalue weighted by Crippen LogP contribution is -2.20. The predicted molar refractivity (Wildman–Crippen MR) is 75.0 cm³/mol. The van der Waals surface area contributed by atoms with Crippen LogP contribution in [0.15, 0.2) is 18.2 Å². The molecule has 100 valence electrons. The van der Waals surface area contributed by atoms with Crippen molar-refractivity contribution >= 4 is 11.6 Å². The van der Waals surface area contributed by atoms with Gasteiger partial charge in [0.05, 0.1) is 12.3 Å². The van der Waals surface area contributed by atoms with Crippen molar-refractivity contribution in [1.82, 2.24) is 0 Å². The second kappa shape index (κ2) is 5.89. The van der Waals surface area contributed by atoms with Crippen LogP contribution in [0.1, 0.15) is 39.7 Å². The summed E-state index contributed by atoms with van der Waals surface area (Å²) in [4.78, 5) is 11.9. The molecule has 0 atom stereocenters. The minimum atomic E-state index is -0.0142. The molecule has 0 aliphatic carbocycles. The van der Waals surface area contributed by atoms with Crippen molar-refractivity contribution in [2.24, 2.45) is 5.41 Å². The quantitative estimate of drug-likeness (QED) is 0.882. The van der Waals surface area contributed by atoms with Gasteiger partial charge < -0.3 is 10.1 Å². The van der Waals surface area contributed by atoms with E-state index in [1.54, 1.807) is 0 Å². The molecule has 1 aromatic carbocycles. The Bertz CT molecular complexity index is 419. The van der Waals surface area contributed by atoms with E-state index in [1.165, 1.54) is 0 Å². The molecule has 0 aliphatic heterocycles. The standard InChI is InChI=1S/C15H23NO2/c1-6-18-14-11(2)8-7-9-12(14)16-13(17)10-15(3,4)5/h7-9H,6,10H2,1-5H3,(H,16,17). The van der Waals surface area contributed by atoms with Gasteiger partial charge in [-0.1, -0.05) is 32.9 Å². The zero-order chi connectivity index (χ0) is 13.8. The zero-order valence-electron chi connectivity index (χ0n) is 12.0. The summed E-state index contributed by atoms with van der Waals surface area (Å²) in [5, 5.41) is 2.93. The average Bonchev–Trinajstić information content (AvgIpc) is 2.20. The Hall–Kier alpha value is -1.51. The van der Waals surface area contributed by atoms with Crippen LogP contribution in [0.4, 0.5) is 5.69 Å². The fourth-order valence-electron chi connectivity index (χ4n) is 1.76. The van der Waals surface area contributed by atoms with Crippen molar-refractivity contribution in [1.29, 1.82) is 0 Å². The normalized spacial score (nSPS) is 11.2. The molecule has 0 aliphatic rings. The first-order valence-corrected chi connectivity index (χ1v) is 6.36. The van der Waals surface area contributed by atoms with Crippen LogP contribution in [0.5, 0.6) is 5.75 Å². The van der Waals surface area contributed by atoms with Crippen LogP contribution in [0.2, 0.25) is 0 Å². The van der Waals surface area contributed by atoms with E-state index in [2.05, 4.69) is 5.32 Å². The van der Waals surface area contributed by atoms with E-state index in [0.717, 1.165) is 17.0 Å². The fraction of sp³-hybridized carbons (Fsp3) is 0.533. The third-order valence-electron chi connectivity index (χ3n) is 2.47. The number of rotatable bonds is 4. The molecule has 1 rings (SSSR count). The molecule has 0 unspecified atom stereocenters. The number of ether oxygens (including phenoxy) is 1. The van der Waals surface area contributed by atoms with Gasteiger partial charge in [0.1, 0.15) is 5.75 Å². The summed E-state index contributed by atoms with van der Waals surface area (Å²) in [6, 6.07) is 5.77. The fourth-order valence-corrected chi connectivity index (χ4v) is 1.76. The van der Waals surface area contributed by atoms with Gasteiger partial charge in [0.15, 0.2) is 0 Å². The summed E-state index contributed by atoms with van der Waals surface area (Å²) < 4.78 is 5.58. The molecule has 1 aromatic rings. The lowest BCUT2D eigenvalue weighted by Gasteiger charge is -2.19. The second-order valence-electron chi connectivity index (χ2n) is 5.67. The third kappa shape index (κ3) is 4.40. The number of anilines is 1. The van der Waals surface area contributed by atoms with Gasteiger partial charge >= 0.3 is 0 Å². The molecule has 3 nitrogen and oxygen atoms in total. The smallest absolute Gasteiger partial charge is 0.224 e. The van der Waals surface area contributed by atoms with Crippen LogP contribution in [0.25, 0.3) is 0 Å². The number of hydrogen-bond donors (Lipinski definition) is 1.